The summed E-state index contributed by atoms with van der Waals surface area (Å²) >= 11 is 0. The number of rotatable bonds is 8. The standard InChI is InChI=1S/C11H19NO6/c1-5-9(13)18-12-10(14)11(15-6-2,16-7-3)17-8-4/h5H,1,6-8H2,2-4H3,(H,12,14). The third-order valence-corrected chi connectivity index (χ3v) is 1.69. The van der Waals surface area contributed by atoms with Crippen LogP contribution in [-0.4, -0.2) is 37.7 Å². The van der Waals surface area contributed by atoms with E-state index in [1.807, 2.05) is 5.48 Å². The molecule has 1 N–H and O–H groups in total. The summed E-state index contributed by atoms with van der Waals surface area (Å²) in [6.45, 7) is 8.77. The van der Waals surface area contributed by atoms with Gasteiger partial charge in [-0.3, -0.25) is 4.79 Å². The van der Waals surface area contributed by atoms with Gasteiger partial charge in [-0.15, -0.1) is 0 Å². The molecule has 0 aromatic rings. The molecule has 0 aliphatic carbocycles. The van der Waals surface area contributed by atoms with Crippen molar-refractivity contribution in [3.05, 3.63) is 12.7 Å². The molecule has 7 nitrogen and oxygen atoms in total. The van der Waals surface area contributed by atoms with Crippen molar-refractivity contribution in [1.29, 1.82) is 0 Å². The van der Waals surface area contributed by atoms with Crippen LogP contribution >= 0.6 is 0 Å². The van der Waals surface area contributed by atoms with Crippen molar-refractivity contribution < 1.29 is 28.6 Å². The van der Waals surface area contributed by atoms with Crippen LogP contribution in [0.1, 0.15) is 20.8 Å². The summed E-state index contributed by atoms with van der Waals surface area (Å²) in [7, 11) is 0. The second kappa shape index (κ2) is 8.62. The summed E-state index contributed by atoms with van der Waals surface area (Å²) in [5.41, 5.74) is 1.89. The van der Waals surface area contributed by atoms with E-state index in [9.17, 15) is 9.59 Å². The molecule has 104 valence electrons. The van der Waals surface area contributed by atoms with Crippen LogP contribution in [0, 0.1) is 0 Å². The van der Waals surface area contributed by atoms with E-state index in [-0.39, 0.29) is 19.8 Å². The van der Waals surface area contributed by atoms with Crippen LogP contribution in [0.2, 0.25) is 0 Å². The topological polar surface area (TPSA) is 83.1 Å². The van der Waals surface area contributed by atoms with Gasteiger partial charge >= 0.3 is 17.8 Å². The fraction of sp³-hybridized carbons (Fsp3) is 0.636. The average molecular weight is 261 g/mol. The van der Waals surface area contributed by atoms with Crippen molar-refractivity contribution in [2.45, 2.75) is 26.7 Å². The molecule has 0 aliphatic rings. The summed E-state index contributed by atoms with van der Waals surface area (Å²) in [5, 5.41) is 0. The van der Waals surface area contributed by atoms with Crippen molar-refractivity contribution >= 4 is 11.9 Å². The molecule has 0 unspecified atom stereocenters. The van der Waals surface area contributed by atoms with Crippen LogP contribution in [0.3, 0.4) is 0 Å². The van der Waals surface area contributed by atoms with Gasteiger partial charge in [0.25, 0.3) is 0 Å². The fourth-order valence-corrected chi connectivity index (χ4v) is 1.09. The smallest absolute Gasteiger partial charge is 0.336 e. The Morgan fingerprint density at radius 2 is 1.56 bits per heavy atom. The molecule has 0 fully saturated rings. The number of carbonyl (C=O) groups excluding carboxylic acids is 2. The number of amides is 1. The highest BCUT2D eigenvalue weighted by atomic mass is 16.9. The molecule has 0 spiro atoms. The van der Waals surface area contributed by atoms with Gasteiger partial charge in [-0.2, -0.15) is 5.48 Å². The SMILES string of the molecule is C=CC(=O)ONC(=O)C(OCC)(OCC)OCC. The minimum atomic E-state index is -1.92. The van der Waals surface area contributed by atoms with Gasteiger partial charge in [-0.25, -0.2) is 4.79 Å². The van der Waals surface area contributed by atoms with Gasteiger partial charge in [0, 0.05) is 6.08 Å². The number of nitrogens with one attached hydrogen (secondary N) is 1. The molecule has 18 heavy (non-hydrogen) atoms. The van der Waals surface area contributed by atoms with Crippen LogP contribution < -0.4 is 5.48 Å². The van der Waals surface area contributed by atoms with Gasteiger partial charge in [0.05, 0.1) is 19.8 Å². The number of hydrogen-bond donors (Lipinski definition) is 1. The zero-order valence-corrected chi connectivity index (χ0v) is 10.9. The average Bonchev–Trinajstić information content (AvgIpc) is 2.36. The van der Waals surface area contributed by atoms with Gasteiger partial charge in [0.1, 0.15) is 0 Å². The monoisotopic (exact) mass is 261 g/mol. The maximum atomic E-state index is 11.9. The van der Waals surface area contributed by atoms with E-state index in [1.165, 1.54) is 0 Å². The quantitative estimate of drug-likeness (QED) is 0.389. The van der Waals surface area contributed by atoms with Crippen LogP contribution in [0.4, 0.5) is 0 Å². The Bertz CT molecular complexity index is 274. The lowest BCUT2D eigenvalue weighted by atomic mass is 10.5. The van der Waals surface area contributed by atoms with Crippen molar-refractivity contribution in [1.82, 2.24) is 5.48 Å². The summed E-state index contributed by atoms with van der Waals surface area (Å²) < 4.78 is 15.5. The highest BCUT2D eigenvalue weighted by molar-refractivity contribution is 5.85. The second-order valence-corrected chi connectivity index (χ2v) is 2.91. The summed E-state index contributed by atoms with van der Waals surface area (Å²) in [6, 6.07) is 0. The minimum Gasteiger partial charge on any atom is -0.336 e. The molecule has 0 aliphatic heterocycles. The van der Waals surface area contributed by atoms with E-state index in [2.05, 4.69) is 11.4 Å². The Morgan fingerprint density at radius 3 is 1.89 bits per heavy atom. The Labute approximate surface area is 106 Å². The molecule has 0 radical (unpaired) electrons. The van der Waals surface area contributed by atoms with E-state index in [0.29, 0.717) is 0 Å². The predicted molar refractivity (Wildman–Crippen MR) is 62.0 cm³/mol. The Hall–Kier alpha value is -1.44. The van der Waals surface area contributed by atoms with Crippen LogP contribution in [-0.2, 0) is 28.6 Å². The van der Waals surface area contributed by atoms with E-state index < -0.39 is 17.8 Å². The minimum absolute atomic E-state index is 0.183. The first-order valence-electron chi connectivity index (χ1n) is 5.61. The van der Waals surface area contributed by atoms with Gasteiger partial charge in [0.15, 0.2) is 0 Å². The molecule has 0 aromatic carbocycles. The van der Waals surface area contributed by atoms with E-state index in [0.717, 1.165) is 6.08 Å². The first-order valence-corrected chi connectivity index (χ1v) is 5.61. The normalized spacial score (nSPS) is 10.8. The highest BCUT2D eigenvalue weighted by Gasteiger charge is 2.43. The van der Waals surface area contributed by atoms with Crippen LogP contribution in [0.15, 0.2) is 12.7 Å². The Balaban J connectivity index is 4.74. The molecule has 1 amide bonds. The van der Waals surface area contributed by atoms with Crippen LogP contribution in [0.5, 0.6) is 0 Å². The third kappa shape index (κ3) is 4.82. The van der Waals surface area contributed by atoms with E-state index >= 15 is 0 Å². The van der Waals surface area contributed by atoms with Crippen molar-refractivity contribution in [3.63, 3.8) is 0 Å². The summed E-state index contributed by atoms with van der Waals surface area (Å²) in [5.74, 6) is -3.58. The number of ether oxygens (including phenoxy) is 3. The van der Waals surface area contributed by atoms with Gasteiger partial charge in [0.2, 0.25) is 0 Å². The van der Waals surface area contributed by atoms with Crippen LogP contribution in [0.25, 0.3) is 0 Å². The summed E-state index contributed by atoms with van der Waals surface area (Å²) in [4.78, 5) is 27.1. The molecule has 0 bridgehead atoms. The first-order chi connectivity index (χ1) is 8.56. The first kappa shape index (κ1) is 16.6. The van der Waals surface area contributed by atoms with Crippen molar-refractivity contribution in [2.24, 2.45) is 0 Å². The molecular formula is C11H19NO6. The molecule has 0 rings (SSSR count). The lowest BCUT2D eigenvalue weighted by Crippen LogP contribution is -2.53. The maximum Gasteiger partial charge on any atom is 0.370 e. The second-order valence-electron chi connectivity index (χ2n) is 2.91. The van der Waals surface area contributed by atoms with E-state index in [4.69, 9.17) is 14.2 Å². The largest absolute Gasteiger partial charge is 0.370 e. The molecule has 0 atom stereocenters. The number of hydrogen-bond acceptors (Lipinski definition) is 6. The van der Waals surface area contributed by atoms with E-state index in [1.54, 1.807) is 20.8 Å². The third-order valence-electron chi connectivity index (χ3n) is 1.69. The van der Waals surface area contributed by atoms with Gasteiger partial charge in [-0.1, -0.05) is 6.58 Å². The lowest BCUT2D eigenvalue weighted by molar-refractivity contribution is -0.353. The molecule has 7 heteroatoms. The molecule has 0 saturated heterocycles. The maximum absolute atomic E-state index is 11.9. The Morgan fingerprint density at radius 1 is 1.11 bits per heavy atom. The highest BCUT2D eigenvalue weighted by Crippen LogP contribution is 2.16. The molecular weight excluding hydrogens is 242 g/mol. The fourth-order valence-electron chi connectivity index (χ4n) is 1.09. The zero-order chi connectivity index (χ0) is 14.0. The molecule has 0 aromatic heterocycles. The van der Waals surface area contributed by atoms with Crippen molar-refractivity contribution in [3.8, 4) is 0 Å². The lowest BCUT2D eigenvalue weighted by Gasteiger charge is -2.29. The number of hydroxylamine groups is 1. The van der Waals surface area contributed by atoms with Gasteiger partial charge in [-0.05, 0) is 20.8 Å². The van der Waals surface area contributed by atoms with Crippen molar-refractivity contribution in [2.75, 3.05) is 19.8 Å². The molecule has 0 heterocycles. The zero-order valence-electron chi connectivity index (χ0n) is 10.9. The Kier molecular flexibility index (Phi) is 7.93. The number of carbonyl (C=O) groups is 2. The van der Waals surface area contributed by atoms with Gasteiger partial charge < -0.3 is 19.0 Å². The summed E-state index contributed by atoms with van der Waals surface area (Å²) in [6.07, 6.45) is 0.907. The molecule has 0 saturated carbocycles. The predicted octanol–water partition coefficient (Wildman–Crippen LogP) is 0.510.